The number of hydrogen-bond acceptors (Lipinski definition) is 3. The zero-order valence-corrected chi connectivity index (χ0v) is 13.7. The summed E-state index contributed by atoms with van der Waals surface area (Å²) in [6, 6.07) is 0. The summed E-state index contributed by atoms with van der Waals surface area (Å²) in [6.07, 6.45) is 7.57. The van der Waals surface area contributed by atoms with E-state index in [2.05, 4.69) is 13.8 Å². The van der Waals surface area contributed by atoms with Crippen LogP contribution in [-0.4, -0.2) is 42.6 Å². The highest BCUT2D eigenvalue weighted by molar-refractivity contribution is 5.89. The summed E-state index contributed by atoms with van der Waals surface area (Å²) in [7, 11) is 1.94. The number of nitrogens with two attached hydrogens (primary N) is 1. The number of ether oxygens (including phenoxy) is 1. The molecule has 0 aromatic heterocycles. The predicted molar refractivity (Wildman–Crippen MR) is 82.8 cm³/mol. The highest BCUT2D eigenvalue weighted by Crippen LogP contribution is 2.58. The topological polar surface area (TPSA) is 55.6 Å². The van der Waals surface area contributed by atoms with Gasteiger partial charge in [0.15, 0.2) is 0 Å². The Morgan fingerprint density at radius 1 is 1.24 bits per heavy atom. The fourth-order valence-electron chi connectivity index (χ4n) is 4.97. The maximum absolute atomic E-state index is 13.0. The van der Waals surface area contributed by atoms with E-state index in [0.29, 0.717) is 5.92 Å². The van der Waals surface area contributed by atoms with Gasteiger partial charge < -0.3 is 15.4 Å². The van der Waals surface area contributed by atoms with Gasteiger partial charge in [-0.2, -0.15) is 0 Å². The first-order valence-electron chi connectivity index (χ1n) is 8.55. The third-order valence-electron chi connectivity index (χ3n) is 6.41. The monoisotopic (exact) mass is 294 g/mol. The zero-order chi connectivity index (χ0) is 15.3. The Balaban J connectivity index is 1.68. The third-order valence-corrected chi connectivity index (χ3v) is 6.41. The van der Waals surface area contributed by atoms with Gasteiger partial charge in [-0.3, -0.25) is 4.79 Å². The molecule has 0 aromatic rings. The van der Waals surface area contributed by atoms with Crippen molar-refractivity contribution in [1.29, 1.82) is 0 Å². The lowest BCUT2D eigenvalue weighted by atomic mass is 9.47. The van der Waals surface area contributed by atoms with Crippen molar-refractivity contribution in [3.8, 4) is 0 Å². The van der Waals surface area contributed by atoms with E-state index in [1.807, 2.05) is 11.9 Å². The van der Waals surface area contributed by atoms with Gasteiger partial charge in [-0.05, 0) is 25.2 Å². The molecule has 3 fully saturated rings. The molecule has 2 aliphatic carbocycles. The number of amides is 1. The second-order valence-corrected chi connectivity index (χ2v) is 7.97. The van der Waals surface area contributed by atoms with Crippen LogP contribution in [0.2, 0.25) is 0 Å². The largest absolute Gasteiger partial charge is 0.377 e. The van der Waals surface area contributed by atoms with Gasteiger partial charge in [0.05, 0.1) is 6.10 Å². The molecule has 120 valence electrons. The van der Waals surface area contributed by atoms with Crippen LogP contribution in [0.4, 0.5) is 0 Å². The van der Waals surface area contributed by atoms with Gasteiger partial charge in [0.25, 0.3) is 0 Å². The molecular weight excluding hydrogens is 264 g/mol. The van der Waals surface area contributed by atoms with E-state index in [-0.39, 0.29) is 23.3 Å². The van der Waals surface area contributed by atoms with Crippen LogP contribution < -0.4 is 5.73 Å². The van der Waals surface area contributed by atoms with Crippen molar-refractivity contribution in [3.05, 3.63) is 0 Å². The van der Waals surface area contributed by atoms with E-state index >= 15 is 0 Å². The number of carbonyl (C=O) groups is 1. The Morgan fingerprint density at radius 2 is 1.90 bits per heavy atom. The van der Waals surface area contributed by atoms with E-state index in [9.17, 15) is 4.79 Å². The van der Waals surface area contributed by atoms with Crippen molar-refractivity contribution >= 4 is 5.91 Å². The van der Waals surface area contributed by atoms with Crippen molar-refractivity contribution in [3.63, 3.8) is 0 Å². The van der Waals surface area contributed by atoms with Crippen LogP contribution in [0.5, 0.6) is 0 Å². The molecule has 21 heavy (non-hydrogen) atoms. The Hall–Kier alpha value is -0.610. The first-order chi connectivity index (χ1) is 9.89. The molecule has 1 aliphatic heterocycles. The molecule has 4 heteroatoms. The van der Waals surface area contributed by atoms with Crippen molar-refractivity contribution in [2.75, 3.05) is 20.2 Å². The number of likely N-dealkylation sites (N-methyl/N-ethyl adjacent to an activating group) is 1. The molecule has 4 nitrogen and oxygen atoms in total. The van der Waals surface area contributed by atoms with Crippen LogP contribution in [-0.2, 0) is 9.53 Å². The Labute approximate surface area is 128 Å². The number of carbonyl (C=O) groups excluding carboxylic acids is 1. The van der Waals surface area contributed by atoms with Crippen molar-refractivity contribution < 1.29 is 9.53 Å². The van der Waals surface area contributed by atoms with Gasteiger partial charge in [0, 0.05) is 31.5 Å². The number of hydrogen-bond donors (Lipinski definition) is 1. The van der Waals surface area contributed by atoms with Crippen LogP contribution in [0.1, 0.15) is 52.4 Å². The number of rotatable bonds is 3. The standard InChI is InChI=1S/C17H30N2O2/c1-16(2)14-13(9-10-21-14)17(16,18)15(20)19(3)11-12-7-5-4-6-8-12/h12-14H,4-11,18H2,1-3H3. The summed E-state index contributed by atoms with van der Waals surface area (Å²) < 4.78 is 5.79. The highest BCUT2D eigenvalue weighted by Gasteiger charge is 2.71. The number of fused-ring (bicyclic) bond motifs is 1. The lowest BCUT2D eigenvalue weighted by Crippen LogP contribution is -2.80. The molecule has 3 atom stereocenters. The van der Waals surface area contributed by atoms with Gasteiger partial charge in [-0.15, -0.1) is 0 Å². The summed E-state index contributed by atoms with van der Waals surface area (Å²) in [4.78, 5) is 14.9. The Kier molecular flexibility index (Phi) is 3.81. The molecule has 2 saturated carbocycles. The van der Waals surface area contributed by atoms with Crippen LogP contribution >= 0.6 is 0 Å². The van der Waals surface area contributed by atoms with Crippen LogP contribution in [0.25, 0.3) is 0 Å². The minimum Gasteiger partial charge on any atom is -0.377 e. The molecule has 0 bridgehead atoms. The lowest BCUT2D eigenvalue weighted by Gasteiger charge is -2.61. The van der Waals surface area contributed by atoms with Gasteiger partial charge in [0.2, 0.25) is 5.91 Å². The maximum atomic E-state index is 13.0. The molecule has 3 unspecified atom stereocenters. The van der Waals surface area contributed by atoms with E-state index in [4.69, 9.17) is 10.5 Å². The van der Waals surface area contributed by atoms with Crippen LogP contribution in [0.15, 0.2) is 0 Å². The quantitative estimate of drug-likeness (QED) is 0.868. The molecule has 2 N–H and O–H groups in total. The van der Waals surface area contributed by atoms with Gasteiger partial charge >= 0.3 is 0 Å². The SMILES string of the molecule is CN(CC1CCCCC1)C(=O)C1(N)C2CCOC2C1(C)C. The smallest absolute Gasteiger partial charge is 0.243 e. The number of nitrogens with zero attached hydrogens (tertiary/aromatic N) is 1. The van der Waals surface area contributed by atoms with E-state index in [1.54, 1.807) is 0 Å². The summed E-state index contributed by atoms with van der Waals surface area (Å²) in [5.41, 5.74) is 5.65. The molecule has 1 amide bonds. The van der Waals surface area contributed by atoms with Crippen molar-refractivity contribution in [2.45, 2.75) is 64.0 Å². The first-order valence-corrected chi connectivity index (χ1v) is 8.55. The Morgan fingerprint density at radius 3 is 2.57 bits per heavy atom. The molecule has 1 heterocycles. The lowest BCUT2D eigenvalue weighted by molar-refractivity contribution is -0.183. The minimum atomic E-state index is -0.739. The fourth-order valence-corrected chi connectivity index (χ4v) is 4.97. The molecule has 0 aromatic carbocycles. The maximum Gasteiger partial charge on any atom is 0.243 e. The van der Waals surface area contributed by atoms with Crippen molar-refractivity contribution in [1.82, 2.24) is 4.90 Å². The molecular formula is C17H30N2O2. The van der Waals surface area contributed by atoms with Gasteiger partial charge in [-0.1, -0.05) is 33.1 Å². The van der Waals surface area contributed by atoms with Crippen LogP contribution in [0.3, 0.4) is 0 Å². The summed E-state index contributed by atoms with van der Waals surface area (Å²) in [6.45, 7) is 5.79. The second-order valence-electron chi connectivity index (χ2n) is 7.97. The fraction of sp³-hybridized carbons (Fsp3) is 0.941. The summed E-state index contributed by atoms with van der Waals surface area (Å²) in [5.74, 6) is 0.994. The summed E-state index contributed by atoms with van der Waals surface area (Å²) >= 11 is 0. The molecule has 3 aliphatic rings. The average molecular weight is 294 g/mol. The van der Waals surface area contributed by atoms with Crippen molar-refractivity contribution in [2.24, 2.45) is 23.0 Å². The predicted octanol–water partition coefficient (Wildman–Crippen LogP) is 2.17. The molecule has 1 saturated heterocycles. The molecule has 0 radical (unpaired) electrons. The van der Waals surface area contributed by atoms with E-state index < -0.39 is 5.54 Å². The summed E-state index contributed by atoms with van der Waals surface area (Å²) in [5, 5.41) is 0. The molecule has 0 spiro atoms. The molecule has 3 rings (SSSR count). The zero-order valence-electron chi connectivity index (χ0n) is 13.7. The first kappa shape index (κ1) is 15.3. The van der Waals surface area contributed by atoms with Crippen LogP contribution in [0, 0.1) is 17.3 Å². The minimum absolute atomic E-state index is 0.129. The van der Waals surface area contributed by atoms with Gasteiger partial charge in [-0.25, -0.2) is 0 Å². The van der Waals surface area contributed by atoms with E-state index in [0.717, 1.165) is 19.6 Å². The average Bonchev–Trinajstić information content (AvgIpc) is 2.95. The second kappa shape index (κ2) is 5.24. The Bertz CT molecular complexity index is 417. The van der Waals surface area contributed by atoms with Gasteiger partial charge in [0.1, 0.15) is 5.54 Å². The normalized spacial score (nSPS) is 38.7. The highest BCUT2D eigenvalue weighted by atomic mass is 16.5. The van der Waals surface area contributed by atoms with E-state index in [1.165, 1.54) is 32.1 Å². The third kappa shape index (κ3) is 2.14.